The molecule has 146 valence electrons. The lowest BCUT2D eigenvalue weighted by Crippen LogP contribution is -2.31. The summed E-state index contributed by atoms with van der Waals surface area (Å²) in [6, 6.07) is 3.85. The largest absolute Gasteiger partial charge is 0.496 e. The maximum atomic E-state index is 5.59. The van der Waals surface area contributed by atoms with Crippen molar-refractivity contribution in [2.24, 2.45) is 0 Å². The first-order valence-corrected chi connectivity index (χ1v) is 9.17. The number of aryl methyl sites for hydroxylation is 1. The van der Waals surface area contributed by atoms with Gasteiger partial charge in [0.1, 0.15) is 17.2 Å². The molecule has 0 N–H and O–H groups in total. The predicted octanol–water partition coefficient (Wildman–Crippen LogP) is 3.51. The molecule has 0 spiro atoms. The van der Waals surface area contributed by atoms with Crippen molar-refractivity contribution in [1.82, 2.24) is 15.0 Å². The summed E-state index contributed by atoms with van der Waals surface area (Å²) in [5.41, 5.74) is 2.19. The maximum absolute atomic E-state index is 5.59. The molecule has 2 aromatic rings. The van der Waals surface area contributed by atoms with E-state index in [1.165, 1.54) is 5.57 Å². The van der Waals surface area contributed by atoms with E-state index in [1.54, 1.807) is 21.3 Å². The summed E-state index contributed by atoms with van der Waals surface area (Å²) in [5.74, 6) is 3.63. The summed E-state index contributed by atoms with van der Waals surface area (Å²) < 4.78 is 21.9. The van der Waals surface area contributed by atoms with Crippen LogP contribution >= 0.6 is 0 Å². The fourth-order valence-electron chi connectivity index (χ4n) is 3.32. The molecule has 0 aliphatic carbocycles. The van der Waals surface area contributed by atoms with Crippen molar-refractivity contribution in [2.45, 2.75) is 32.7 Å². The maximum Gasteiger partial charge on any atom is 0.243 e. The number of nitrogens with zero attached hydrogens (tertiary/aromatic N) is 3. The molecule has 1 aromatic heterocycles. The molecule has 1 aliphatic heterocycles. The topological polar surface area (TPSA) is 69.9 Å². The number of ether oxygens (including phenoxy) is 3. The van der Waals surface area contributed by atoms with Crippen molar-refractivity contribution in [1.29, 1.82) is 0 Å². The van der Waals surface area contributed by atoms with E-state index in [2.05, 4.69) is 28.0 Å². The van der Waals surface area contributed by atoms with Crippen LogP contribution in [0.2, 0.25) is 0 Å². The monoisotopic (exact) mass is 373 g/mol. The van der Waals surface area contributed by atoms with Gasteiger partial charge in [0.15, 0.2) is 5.82 Å². The van der Waals surface area contributed by atoms with Gasteiger partial charge < -0.3 is 18.7 Å². The third kappa shape index (κ3) is 3.93. The standard InChI is InChI=1S/C20H27N3O4/c1-6-18-21-20(27-22-18)13(2)23-9-7-14(8-10-23)19-16(25-4)11-15(24-3)12-17(19)26-5/h7,11-13H,6,8-10H2,1-5H3/t13-/m0/s1. The van der Waals surface area contributed by atoms with Crippen molar-refractivity contribution < 1.29 is 18.7 Å². The van der Waals surface area contributed by atoms with Gasteiger partial charge in [0.05, 0.1) is 32.9 Å². The Morgan fingerprint density at radius 2 is 1.85 bits per heavy atom. The molecular formula is C20H27N3O4. The smallest absolute Gasteiger partial charge is 0.243 e. The van der Waals surface area contributed by atoms with Crippen molar-refractivity contribution in [3.05, 3.63) is 35.5 Å². The molecule has 3 rings (SSSR count). The van der Waals surface area contributed by atoms with Gasteiger partial charge in [0.25, 0.3) is 0 Å². The Labute approximate surface area is 159 Å². The van der Waals surface area contributed by atoms with Crippen LogP contribution in [0.4, 0.5) is 0 Å². The second-order valence-corrected chi connectivity index (χ2v) is 6.46. The molecule has 7 heteroatoms. The Kier molecular flexibility index (Phi) is 6.01. The molecule has 0 saturated carbocycles. The van der Waals surface area contributed by atoms with E-state index in [-0.39, 0.29) is 6.04 Å². The quantitative estimate of drug-likeness (QED) is 0.735. The first kappa shape index (κ1) is 19.2. The Hall–Kier alpha value is -2.54. The summed E-state index contributed by atoms with van der Waals surface area (Å²) in [7, 11) is 4.96. The van der Waals surface area contributed by atoms with Crippen molar-refractivity contribution in [3.8, 4) is 17.2 Å². The van der Waals surface area contributed by atoms with E-state index in [9.17, 15) is 0 Å². The average molecular weight is 373 g/mol. The number of benzene rings is 1. The van der Waals surface area contributed by atoms with Crippen LogP contribution in [0, 0.1) is 0 Å². The minimum atomic E-state index is 0.0789. The summed E-state index contributed by atoms with van der Waals surface area (Å²) >= 11 is 0. The van der Waals surface area contributed by atoms with Crippen molar-refractivity contribution in [2.75, 3.05) is 34.4 Å². The lowest BCUT2D eigenvalue weighted by atomic mass is 9.96. The lowest BCUT2D eigenvalue weighted by molar-refractivity contribution is 0.189. The van der Waals surface area contributed by atoms with Crippen LogP contribution in [-0.4, -0.2) is 49.5 Å². The number of rotatable bonds is 7. The average Bonchev–Trinajstić information content (AvgIpc) is 3.21. The molecule has 7 nitrogen and oxygen atoms in total. The first-order chi connectivity index (χ1) is 13.1. The minimum Gasteiger partial charge on any atom is -0.496 e. The Balaban J connectivity index is 1.82. The van der Waals surface area contributed by atoms with Gasteiger partial charge in [-0.25, -0.2) is 0 Å². The summed E-state index contributed by atoms with van der Waals surface area (Å²) in [6.45, 7) is 5.79. The second-order valence-electron chi connectivity index (χ2n) is 6.46. The first-order valence-electron chi connectivity index (χ1n) is 9.17. The Bertz CT molecular complexity index is 790. The van der Waals surface area contributed by atoms with Crippen LogP contribution < -0.4 is 14.2 Å². The van der Waals surface area contributed by atoms with E-state index in [0.29, 0.717) is 11.6 Å². The fraction of sp³-hybridized carbons (Fsp3) is 0.500. The molecule has 1 aromatic carbocycles. The van der Waals surface area contributed by atoms with Crippen LogP contribution in [0.3, 0.4) is 0 Å². The van der Waals surface area contributed by atoms with Gasteiger partial charge in [0.2, 0.25) is 5.89 Å². The van der Waals surface area contributed by atoms with E-state index in [1.807, 2.05) is 19.1 Å². The summed E-state index contributed by atoms with van der Waals surface area (Å²) in [6.07, 6.45) is 3.86. The van der Waals surface area contributed by atoms with Gasteiger partial charge in [-0.15, -0.1) is 0 Å². The molecule has 27 heavy (non-hydrogen) atoms. The third-order valence-corrected chi connectivity index (χ3v) is 4.98. The highest BCUT2D eigenvalue weighted by atomic mass is 16.5. The number of aromatic nitrogens is 2. The van der Waals surface area contributed by atoms with Crippen LogP contribution in [0.5, 0.6) is 17.2 Å². The molecule has 1 aliphatic rings. The van der Waals surface area contributed by atoms with Crippen LogP contribution in [0.15, 0.2) is 22.7 Å². The van der Waals surface area contributed by atoms with Gasteiger partial charge in [-0.2, -0.15) is 4.98 Å². The van der Waals surface area contributed by atoms with E-state index < -0.39 is 0 Å². The Morgan fingerprint density at radius 3 is 2.33 bits per heavy atom. The molecule has 0 saturated heterocycles. The fourth-order valence-corrected chi connectivity index (χ4v) is 3.32. The number of hydrogen-bond acceptors (Lipinski definition) is 7. The molecule has 0 unspecified atom stereocenters. The second kappa shape index (κ2) is 8.43. The molecule has 0 fully saturated rings. The van der Waals surface area contributed by atoms with E-state index in [4.69, 9.17) is 18.7 Å². The molecule has 0 amide bonds. The van der Waals surface area contributed by atoms with Crippen LogP contribution in [-0.2, 0) is 6.42 Å². The summed E-state index contributed by atoms with van der Waals surface area (Å²) in [5, 5.41) is 4.00. The highest BCUT2D eigenvalue weighted by molar-refractivity contribution is 5.77. The van der Waals surface area contributed by atoms with Crippen LogP contribution in [0.1, 0.15) is 43.6 Å². The van der Waals surface area contributed by atoms with Gasteiger partial charge in [-0.1, -0.05) is 18.2 Å². The molecule has 2 heterocycles. The number of hydrogen-bond donors (Lipinski definition) is 0. The molecular weight excluding hydrogens is 346 g/mol. The van der Waals surface area contributed by atoms with Gasteiger partial charge in [-0.3, -0.25) is 4.90 Å². The highest BCUT2D eigenvalue weighted by Gasteiger charge is 2.26. The third-order valence-electron chi connectivity index (χ3n) is 4.98. The molecule has 0 radical (unpaired) electrons. The zero-order valence-electron chi connectivity index (χ0n) is 16.6. The van der Waals surface area contributed by atoms with Crippen molar-refractivity contribution >= 4 is 5.57 Å². The summed E-state index contributed by atoms with van der Waals surface area (Å²) in [4.78, 5) is 6.78. The Morgan fingerprint density at radius 1 is 1.15 bits per heavy atom. The minimum absolute atomic E-state index is 0.0789. The lowest BCUT2D eigenvalue weighted by Gasteiger charge is -2.30. The SMILES string of the molecule is CCc1noc([C@H](C)N2CC=C(c3c(OC)cc(OC)cc3OC)CC2)n1. The van der Waals surface area contributed by atoms with E-state index >= 15 is 0 Å². The van der Waals surface area contributed by atoms with Gasteiger partial charge in [0, 0.05) is 31.6 Å². The van der Waals surface area contributed by atoms with E-state index in [0.717, 1.165) is 48.8 Å². The molecule has 0 bridgehead atoms. The number of methoxy groups -OCH3 is 3. The molecule has 1 atom stereocenters. The predicted molar refractivity (Wildman–Crippen MR) is 102 cm³/mol. The normalized spacial score (nSPS) is 16.0. The van der Waals surface area contributed by atoms with Gasteiger partial charge in [-0.05, 0) is 18.9 Å². The van der Waals surface area contributed by atoms with Gasteiger partial charge >= 0.3 is 0 Å². The zero-order valence-corrected chi connectivity index (χ0v) is 16.6. The van der Waals surface area contributed by atoms with Crippen LogP contribution in [0.25, 0.3) is 5.57 Å². The van der Waals surface area contributed by atoms with Crippen molar-refractivity contribution in [3.63, 3.8) is 0 Å². The highest BCUT2D eigenvalue weighted by Crippen LogP contribution is 2.41. The zero-order chi connectivity index (χ0) is 19.4.